The highest BCUT2D eigenvalue weighted by Crippen LogP contribution is 2.12. The highest BCUT2D eigenvalue weighted by Gasteiger charge is 2.19. The van der Waals surface area contributed by atoms with Crippen molar-refractivity contribution >= 4 is 8.32 Å². The molecule has 92 valence electrons. The molecule has 0 spiro atoms. The van der Waals surface area contributed by atoms with Gasteiger partial charge in [-0.2, -0.15) is 0 Å². The minimum absolute atomic E-state index is 0.206. The molecule has 0 saturated heterocycles. The summed E-state index contributed by atoms with van der Waals surface area (Å²) in [6.45, 7) is 10.8. The van der Waals surface area contributed by atoms with Gasteiger partial charge in [-0.1, -0.05) is 0 Å². The van der Waals surface area contributed by atoms with Gasteiger partial charge >= 0.3 is 0 Å². The lowest BCUT2D eigenvalue weighted by molar-refractivity contribution is -0.00317. The molecule has 0 saturated carbocycles. The Kier molecular flexibility index (Phi) is 8.33. The lowest BCUT2D eigenvalue weighted by Gasteiger charge is -2.20. The largest absolute Gasteiger partial charge is 0.420 e. The molecule has 0 aromatic rings. The van der Waals surface area contributed by atoms with E-state index in [4.69, 9.17) is 13.9 Å². The van der Waals surface area contributed by atoms with Crippen molar-refractivity contribution in [1.82, 2.24) is 0 Å². The van der Waals surface area contributed by atoms with Crippen LogP contribution in [0.15, 0.2) is 0 Å². The maximum absolute atomic E-state index is 5.63. The second-order valence-corrected chi connectivity index (χ2v) is 8.84. The van der Waals surface area contributed by atoms with Gasteiger partial charge in [-0.05, 0) is 39.4 Å². The Morgan fingerprint density at radius 3 is 2.47 bits per heavy atom. The van der Waals surface area contributed by atoms with E-state index in [1.807, 2.05) is 14.0 Å². The molecule has 0 aliphatic rings. The summed E-state index contributed by atoms with van der Waals surface area (Å²) in [6, 6.07) is 1.16. The van der Waals surface area contributed by atoms with E-state index in [1.165, 1.54) is 0 Å². The summed E-state index contributed by atoms with van der Waals surface area (Å²) >= 11 is 0. The van der Waals surface area contributed by atoms with E-state index in [-0.39, 0.29) is 6.10 Å². The maximum atomic E-state index is 5.63. The van der Waals surface area contributed by atoms with Crippen LogP contribution in [0.4, 0.5) is 0 Å². The molecular weight excluding hydrogens is 208 g/mol. The SMILES string of the molecule is CCOCC(C)OCCC[Si](C)(C)OC. The summed E-state index contributed by atoms with van der Waals surface area (Å²) in [7, 11) is 0.424. The topological polar surface area (TPSA) is 27.7 Å². The van der Waals surface area contributed by atoms with E-state index in [0.717, 1.165) is 25.7 Å². The number of hydrogen-bond acceptors (Lipinski definition) is 3. The fourth-order valence-corrected chi connectivity index (χ4v) is 2.42. The lowest BCUT2D eigenvalue weighted by atomic mass is 10.4. The molecule has 0 radical (unpaired) electrons. The van der Waals surface area contributed by atoms with Gasteiger partial charge in [0.05, 0.1) is 12.7 Å². The molecule has 4 heteroatoms. The summed E-state index contributed by atoms with van der Waals surface area (Å²) in [5.41, 5.74) is 0. The average Bonchev–Trinajstić information content (AvgIpc) is 2.21. The Hall–Kier alpha value is 0.0969. The summed E-state index contributed by atoms with van der Waals surface area (Å²) in [6.07, 6.45) is 1.29. The molecule has 3 nitrogen and oxygen atoms in total. The van der Waals surface area contributed by atoms with Crippen molar-refractivity contribution < 1.29 is 13.9 Å². The second-order valence-electron chi connectivity index (χ2n) is 4.41. The van der Waals surface area contributed by atoms with Crippen molar-refractivity contribution in [3.8, 4) is 0 Å². The van der Waals surface area contributed by atoms with Gasteiger partial charge in [0.1, 0.15) is 0 Å². The van der Waals surface area contributed by atoms with Crippen molar-refractivity contribution in [1.29, 1.82) is 0 Å². The van der Waals surface area contributed by atoms with Crippen LogP contribution in [0.1, 0.15) is 20.3 Å². The minimum atomic E-state index is -1.39. The van der Waals surface area contributed by atoms with Crippen LogP contribution in [0.25, 0.3) is 0 Å². The molecule has 0 N–H and O–H groups in total. The fourth-order valence-electron chi connectivity index (χ4n) is 1.22. The standard InChI is InChI=1S/C11H26O3Si/c1-6-13-10-11(2)14-8-7-9-15(4,5)12-3/h11H,6-10H2,1-5H3. The van der Waals surface area contributed by atoms with Crippen molar-refractivity contribution in [2.24, 2.45) is 0 Å². The molecule has 0 amide bonds. The zero-order valence-corrected chi connectivity index (χ0v) is 11.8. The summed E-state index contributed by atoms with van der Waals surface area (Å²) < 4.78 is 16.4. The van der Waals surface area contributed by atoms with E-state index >= 15 is 0 Å². The number of hydrogen-bond donors (Lipinski definition) is 0. The first kappa shape index (κ1) is 15.1. The van der Waals surface area contributed by atoms with Gasteiger partial charge in [0, 0.05) is 20.3 Å². The molecule has 0 fully saturated rings. The zero-order valence-electron chi connectivity index (χ0n) is 10.8. The van der Waals surface area contributed by atoms with E-state index in [0.29, 0.717) is 6.61 Å². The Morgan fingerprint density at radius 2 is 1.93 bits per heavy atom. The maximum Gasteiger partial charge on any atom is 0.186 e. The van der Waals surface area contributed by atoms with Crippen LogP contribution in [-0.4, -0.2) is 41.4 Å². The van der Waals surface area contributed by atoms with Gasteiger partial charge in [-0.25, -0.2) is 0 Å². The van der Waals surface area contributed by atoms with Crippen molar-refractivity contribution in [2.45, 2.75) is 45.5 Å². The van der Waals surface area contributed by atoms with Crippen LogP contribution in [0.5, 0.6) is 0 Å². The first-order valence-electron chi connectivity index (χ1n) is 5.76. The molecule has 0 rings (SSSR count). The predicted molar refractivity (Wildman–Crippen MR) is 65.8 cm³/mol. The summed E-state index contributed by atoms with van der Waals surface area (Å²) in [5.74, 6) is 0. The molecule has 1 atom stereocenters. The van der Waals surface area contributed by atoms with E-state index in [2.05, 4.69) is 20.0 Å². The molecule has 0 heterocycles. The van der Waals surface area contributed by atoms with Crippen LogP contribution in [0.2, 0.25) is 19.1 Å². The third-order valence-electron chi connectivity index (χ3n) is 2.43. The second kappa shape index (κ2) is 8.27. The molecule has 0 bridgehead atoms. The quantitative estimate of drug-likeness (QED) is 0.453. The Bertz CT molecular complexity index is 151. The lowest BCUT2D eigenvalue weighted by Crippen LogP contribution is -2.28. The molecule has 0 aromatic carbocycles. The van der Waals surface area contributed by atoms with Gasteiger partial charge < -0.3 is 13.9 Å². The van der Waals surface area contributed by atoms with Crippen LogP contribution in [0.3, 0.4) is 0 Å². The van der Waals surface area contributed by atoms with Crippen LogP contribution in [0, 0.1) is 0 Å². The van der Waals surface area contributed by atoms with Gasteiger partial charge in [0.25, 0.3) is 0 Å². The van der Waals surface area contributed by atoms with Gasteiger partial charge in [0.15, 0.2) is 8.32 Å². The van der Waals surface area contributed by atoms with Gasteiger partial charge in [0.2, 0.25) is 0 Å². The van der Waals surface area contributed by atoms with Crippen LogP contribution >= 0.6 is 0 Å². The number of rotatable bonds is 9. The summed E-state index contributed by atoms with van der Waals surface area (Å²) in [5, 5.41) is 0. The van der Waals surface area contributed by atoms with Gasteiger partial charge in [-0.3, -0.25) is 0 Å². The van der Waals surface area contributed by atoms with Gasteiger partial charge in [-0.15, -0.1) is 0 Å². The minimum Gasteiger partial charge on any atom is -0.420 e. The fraction of sp³-hybridized carbons (Fsp3) is 1.00. The Morgan fingerprint density at radius 1 is 1.27 bits per heavy atom. The molecule has 15 heavy (non-hydrogen) atoms. The van der Waals surface area contributed by atoms with E-state index in [1.54, 1.807) is 0 Å². The average molecular weight is 234 g/mol. The molecule has 0 aromatic heterocycles. The van der Waals surface area contributed by atoms with E-state index < -0.39 is 8.32 Å². The zero-order chi connectivity index (χ0) is 11.7. The molecular formula is C11H26O3Si. The highest BCUT2D eigenvalue weighted by molar-refractivity contribution is 6.71. The Balaban J connectivity index is 3.37. The smallest absolute Gasteiger partial charge is 0.186 e. The van der Waals surface area contributed by atoms with Crippen molar-refractivity contribution in [2.75, 3.05) is 26.9 Å². The van der Waals surface area contributed by atoms with Crippen molar-refractivity contribution in [3.05, 3.63) is 0 Å². The van der Waals surface area contributed by atoms with Crippen LogP contribution < -0.4 is 0 Å². The normalized spacial score (nSPS) is 14.2. The molecule has 0 aliphatic heterocycles. The predicted octanol–water partition coefficient (Wildman–Crippen LogP) is 2.67. The first-order valence-corrected chi connectivity index (χ1v) is 8.88. The van der Waals surface area contributed by atoms with Crippen molar-refractivity contribution in [3.63, 3.8) is 0 Å². The monoisotopic (exact) mass is 234 g/mol. The Labute approximate surface area is 95.2 Å². The summed E-state index contributed by atoms with van der Waals surface area (Å²) in [4.78, 5) is 0. The van der Waals surface area contributed by atoms with E-state index in [9.17, 15) is 0 Å². The number of ether oxygens (including phenoxy) is 2. The van der Waals surface area contributed by atoms with Crippen LogP contribution in [-0.2, 0) is 13.9 Å². The highest BCUT2D eigenvalue weighted by atomic mass is 28.4. The third-order valence-corrected chi connectivity index (χ3v) is 5.10. The third kappa shape index (κ3) is 9.05. The molecule has 1 unspecified atom stereocenters. The first-order chi connectivity index (χ1) is 7.02. The molecule has 0 aliphatic carbocycles.